The molecule has 6 rings (SSSR count). The largest absolute Gasteiger partial charge is 0.462 e. The number of Topliss-reactive ketones (excluding diaryl/α,β-unsaturated/α-hetero) is 1. The Bertz CT molecular complexity index is 1270. The molecule has 3 fully saturated rings. The predicted octanol–water partition coefficient (Wildman–Crippen LogP) is 7.30. The molecule has 2 aromatic carbocycles. The zero-order chi connectivity index (χ0) is 24.4. The van der Waals surface area contributed by atoms with Crippen molar-refractivity contribution in [1.29, 1.82) is 0 Å². The summed E-state index contributed by atoms with van der Waals surface area (Å²) in [5.41, 5.74) is 3.59. The summed E-state index contributed by atoms with van der Waals surface area (Å²) in [4.78, 5) is 25.3. The lowest BCUT2D eigenvalue weighted by Gasteiger charge is -2.56. The van der Waals surface area contributed by atoms with Crippen molar-refractivity contribution in [2.24, 2.45) is 28.6 Å². The lowest BCUT2D eigenvalue weighted by atomic mass is 9.48. The van der Waals surface area contributed by atoms with E-state index in [-0.39, 0.29) is 22.9 Å². The third-order valence-corrected chi connectivity index (χ3v) is 10.1. The van der Waals surface area contributed by atoms with Crippen molar-refractivity contribution >= 4 is 28.6 Å². The fraction of sp³-hybridized carbons (Fsp3) is 0.500. The Kier molecular flexibility index (Phi) is 5.32. The molecule has 0 amide bonds. The van der Waals surface area contributed by atoms with Crippen molar-refractivity contribution in [2.75, 3.05) is 0 Å². The smallest absolute Gasteiger partial charge is 0.302 e. The number of carbonyl (C=O) groups is 2. The molecule has 0 bridgehead atoms. The van der Waals surface area contributed by atoms with Gasteiger partial charge in [0.1, 0.15) is 6.10 Å². The molecule has 3 heteroatoms. The van der Waals surface area contributed by atoms with Crippen LogP contribution in [0.25, 0.3) is 16.8 Å². The Balaban J connectivity index is 1.29. The quantitative estimate of drug-likeness (QED) is 0.264. The summed E-state index contributed by atoms with van der Waals surface area (Å²) in [6, 6.07) is 14.9. The minimum absolute atomic E-state index is 0.0294. The van der Waals surface area contributed by atoms with E-state index in [4.69, 9.17) is 4.74 Å². The number of hydrogen-bond acceptors (Lipinski definition) is 3. The summed E-state index contributed by atoms with van der Waals surface area (Å²) < 4.78 is 5.59. The van der Waals surface area contributed by atoms with Gasteiger partial charge in [0.05, 0.1) is 0 Å². The lowest BCUT2D eigenvalue weighted by molar-refractivity contribution is -0.148. The topological polar surface area (TPSA) is 43.4 Å². The van der Waals surface area contributed by atoms with Crippen LogP contribution in [0.15, 0.2) is 59.7 Å². The molecule has 182 valence electrons. The summed E-state index contributed by atoms with van der Waals surface area (Å²) in [7, 11) is 0. The highest BCUT2D eigenvalue weighted by Gasteiger charge is 2.60. The molecule has 0 spiro atoms. The van der Waals surface area contributed by atoms with Crippen LogP contribution in [0.5, 0.6) is 0 Å². The van der Waals surface area contributed by atoms with Gasteiger partial charge in [0.2, 0.25) is 0 Å². The van der Waals surface area contributed by atoms with Crippen LogP contribution in [0.1, 0.15) is 71.3 Å². The monoisotopic (exact) mass is 468 g/mol. The van der Waals surface area contributed by atoms with E-state index in [9.17, 15) is 9.59 Å². The molecular formula is C32H36O3. The van der Waals surface area contributed by atoms with Gasteiger partial charge in [-0.3, -0.25) is 9.59 Å². The predicted molar refractivity (Wildman–Crippen MR) is 140 cm³/mol. The maximum absolute atomic E-state index is 13.8. The molecule has 35 heavy (non-hydrogen) atoms. The van der Waals surface area contributed by atoms with E-state index in [1.807, 2.05) is 0 Å². The minimum Gasteiger partial charge on any atom is -0.462 e. The first-order valence-electron chi connectivity index (χ1n) is 13.4. The van der Waals surface area contributed by atoms with Crippen molar-refractivity contribution in [3.63, 3.8) is 0 Å². The van der Waals surface area contributed by atoms with Gasteiger partial charge in [-0.25, -0.2) is 0 Å². The van der Waals surface area contributed by atoms with Crippen molar-refractivity contribution in [3.05, 3.63) is 65.3 Å². The molecule has 2 aromatic rings. The van der Waals surface area contributed by atoms with Gasteiger partial charge in [0, 0.05) is 18.8 Å². The minimum atomic E-state index is -0.236. The Morgan fingerprint density at radius 3 is 2.54 bits per heavy atom. The van der Waals surface area contributed by atoms with Gasteiger partial charge in [0.25, 0.3) is 0 Å². The fourth-order valence-electron chi connectivity index (χ4n) is 8.26. The van der Waals surface area contributed by atoms with Crippen molar-refractivity contribution < 1.29 is 14.3 Å². The second kappa shape index (κ2) is 8.18. The Labute approximate surface area is 208 Å². The van der Waals surface area contributed by atoms with Crippen LogP contribution in [0.4, 0.5) is 0 Å². The highest BCUT2D eigenvalue weighted by molar-refractivity contribution is 6.06. The number of esters is 1. The standard InChI is InChI=1S/C32H36O3/c1-20(33)35-26-12-14-31(2)25(19-26)10-11-27-28(31)13-15-32(3)29(27)18-24(30(32)34)17-21-8-9-22-6-4-5-7-23(22)16-21/h4-10,16-17,26-29H,11-15,18-19H2,1-3H3/b24-17+/t26-,27+,28-,29-,31+,32-/m1/s1. The Morgan fingerprint density at radius 1 is 0.971 bits per heavy atom. The molecule has 0 saturated heterocycles. The number of rotatable bonds is 2. The van der Waals surface area contributed by atoms with Crippen LogP contribution < -0.4 is 0 Å². The number of benzene rings is 2. The molecule has 4 aliphatic carbocycles. The first-order chi connectivity index (χ1) is 16.8. The second-order valence-electron chi connectivity index (χ2n) is 12.0. The van der Waals surface area contributed by atoms with Gasteiger partial charge in [-0.2, -0.15) is 0 Å². The van der Waals surface area contributed by atoms with Crippen LogP contribution >= 0.6 is 0 Å². The van der Waals surface area contributed by atoms with E-state index in [0.29, 0.717) is 23.5 Å². The first-order valence-corrected chi connectivity index (χ1v) is 13.4. The summed E-state index contributed by atoms with van der Waals surface area (Å²) >= 11 is 0. The maximum atomic E-state index is 13.8. The summed E-state index contributed by atoms with van der Waals surface area (Å²) in [5.74, 6) is 1.80. The van der Waals surface area contributed by atoms with Gasteiger partial charge in [-0.1, -0.05) is 61.9 Å². The molecule has 4 aliphatic rings. The van der Waals surface area contributed by atoms with E-state index in [2.05, 4.69) is 68.5 Å². The van der Waals surface area contributed by atoms with Crippen molar-refractivity contribution in [1.82, 2.24) is 0 Å². The first kappa shape index (κ1) is 22.8. The average Bonchev–Trinajstić information content (AvgIpc) is 3.09. The number of carbonyl (C=O) groups excluding carboxylic acids is 2. The number of fused-ring (bicyclic) bond motifs is 6. The number of hydrogen-bond donors (Lipinski definition) is 0. The molecule has 3 nitrogen and oxygen atoms in total. The molecule has 0 radical (unpaired) electrons. The Morgan fingerprint density at radius 2 is 1.74 bits per heavy atom. The van der Waals surface area contributed by atoms with Gasteiger partial charge >= 0.3 is 5.97 Å². The summed E-state index contributed by atoms with van der Waals surface area (Å²) in [5, 5.41) is 2.45. The molecule has 0 unspecified atom stereocenters. The van der Waals surface area contributed by atoms with Gasteiger partial charge < -0.3 is 4.74 Å². The van der Waals surface area contributed by atoms with Crippen LogP contribution in [0.3, 0.4) is 0 Å². The maximum Gasteiger partial charge on any atom is 0.302 e. The molecule has 0 N–H and O–H groups in total. The molecule has 0 aromatic heterocycles. The van der Waals surface area contributed by atoms with Crippen molar-refractivity contribution in [3.8, 4) is 0 Å². The van der Waals surface area contributed by atoms with E-state index in [1.165, 1.54) is 23.3 Å². The molecule has 0 heterocycles. The van der Waals surface area contributed by atoms with E-state index in [0.717, 1.165) is 56.1 Å². The van der Waals surface area contributed by atoms with E-state index in [1.54, 1.807) is 0 Å². The SMILES string of the molecule is CC(=O)O[C@@H]1CC[C@@]2(C)C(=CC[C@@H]3[C@H]4C/C(=C\c5ccc6ccccc6c5)C(=O)[C@]4(C)CC[C@H]32)C1. The number of allylic oxidation sites excluding steroid dienone is 2. The molecular weight excluding hydrogens is 432 g/mol. The zero-order valence-electron chi connectivity index (χ0n) is 21.2. The molecule has 3 saturated carbocycles. The average molecular weight is 469 g/mol. The zero-order valence-corrected chi connectivity index (χ0v) is 21.2. The normalized spacial score (nSPS) is 37.4. The molecule has 0 aliphatic heterocycles. The van der Waals surface area contributed by atoms with Crippen LogP contribution in [-0.2, 0) is 14.3 Å². The van der Waals surface area contributed by atoms with E-state index >= 15 is 0 Å². The number of ketones is 1. The molecule has 6 atom stereocenters. The summed E-state index contributed by atoms with van der Waals surface area (Å²) in [6.07, 6.45) is 11.6. The highest BCUT2D eigenvalue weighted by atomic mass is 16.5. The highest BCUT2D eigenvalue weighted by Crippen LogP contribution is 2.64. The van der Waals surface area contributed by atoms with Gasteiger partial charge in [-0.15, -0.1) is 0 Å². The second-order valence-corrected chi connectivity index (χ2v) is 12.0. The van der Waals surface area contributed by atoms with E-state index < -0.39 is 0 Å². The van der Waals surface area contributed by atoms with Gasteiger partial charge in [0.15, 0.2) is 5.78 Å². The van der Waals surface area contributed by atoms with Gasteiger partial charge in [-0.05, 0) is 95.7 Å². The fourth-order valence-corrected chi connectivity index (χ4v) is 8.26. The van der Waals surface area contributed by atoms with Crippen LogP contribution in [0, 0.1) is 28.6 Å². The number of ether oxygens (including phenoxy) is 1. The lowest BCUT2D eigenvalue weighted by Crippen LogP contribution is -2.50. The van der Waals surface area contributed by atoms with Crippen LogP contribution in [0.2, 0.25) is 0 Å². The Hall–Kier alpha value is -2.68. The van der Waals surface area contributed by atoms with Crippen LogP contribution in [-0.4, -0.2) is 17.9 Å². The summed E-state index contributed by atoms with van der Waals surface area (Å²) in [6.45, 7) is 6.21. The van der Waals surface area contributed by atoms with Crippen molar-refractivity contribution in [2.45, 2.75) is 71.8 Å². The third-order valence-electron chi connectivity index (χ3n) is 10.1. The third kappa shape index (κ3) is 3.61.